The molecule has 0 spiro atoms. The molecule has 7 heteroatoms. The Morgan fingerprint density at radius 1 is 1.43 bits per heavy atom. The first kappa shape index (κ1) is 15.0. The van der Waals surface area contributed by atoms with E-state index in [0.717, 1.165) is 12.8 Å². The Kier molecular flexibility index (Phi) is 4.52. The molecular formula is C14H18N4O3. The molecule has 0 bridgehead atoms. The second-order valence-corrected chi connectivity index (χ2v) is 5.26. The van der Waals surface area contributed by atoms with Crippen LogP contribution in [0.4, 0.5) is 11.5 Å². The fourth-order valence-corrected chi connectivity index (χ4v) is 2.08. The lowest BCUT2D eigenvalue weighted by Gasteiger charge is -2.08. The van der Waals surface area contributed by atoms with Gasteiger partial charge in [0.1, 0.15) is 5.65 Å². The third-order valence-electron chi connectivity index (χ3n) is 3.14. The molecule has 0 fully saturated rings. The smallest absolute Gasteiger partial charge is 0.364 e. The zero-order valence-corrected chi connectivity index (χ0v) is 12.1. The average molecular weight is 290 g/mol. The topological polar surface area (TPSA) is 89.5 Å². The van der Waals surface area contributed by atoms with Crippen molar-refractivity contribution in [2.45, 2.75) is 26.7 Å². The molecule has 0 amide bonds. The van der Waals surface area contributed by atoms with Crippen molar-refractivity contribution in [3.63, 3.8) is 0 Å². The van der Waals surface area contributed by atoms with Crippen LogP contribution in [0.25, 0.3) is 5.65 Å². The summed E-state index contributed by atoms with van der Waals surface area (Å²) in [7, 11) is 0. The van der Waals surface area contributed by atoms with Crippen LogP contribution in [-0.4, -0.2) is 20.9 Å². The monoisotopic (exact) mass is 290 g/mol. The summed E-state index contributed by atoms with van der Waals surface area (Å²) in [5.74, 6) is 0.608. The highest BCUT2D eigenvalue weighted by Gasteiger charge is 2.22. The number of fused-ring (bicyclic) bond motifs is 1. The molecule has 2 heterocycles. The van der Waals surface area contributed by atoms with Crippen molar-refractivity contribution in [1.29, 1.82) is 0 Å². The van der Waals surface area contributed by atoms with Crippen molar-refractivity contribution in [2.24, 2.45) is 5.92 Å². The highest BCUT2D eigenvalue weighted by molar-refractivity contribution is 5.59. The molecule has 0 aliphatic heterocycles. The maximum Gasteiger partial charge on any atom is 0.376 e. The summed E-state index contributed by atoms with van der Waals surface area (Å²) in [6.45, 7) is 4.78. The van der Waals surface area contributed by atoms with Gasteiger partial charge >= 0.3 is 11.2 Å². The van der Waals surface area contributed by atoms with Crippen molar-refractivity contribution in [2.75, 3.05) is 11.9 Å². The van der Waals surface area contributed by atoms with Crippen LogP contribution in [0.3, 0.4) is 0 Å². The van der Waals surface area contributed by atoms with E-state index in [9.17, 15) is 14.9 Å². The highest BCUT2D eigenvalue weighted by Crippen LogP contribution is 2.18. The molecule has 0 saturated heterocycles. The first-order chi connectivity index (χ1) is 10.0. The summed E-state index contributed by atoms with van der Waals surface area (Å²) in [6.07, 6.45) is 3.35. The summed E-state index contributed by atoms with van der Waals surface area (Å²) in [5, 5.41) is 14.1. The first-order valence-electron chi connectivity index (χ1n) is 6.90. The largest absolute Gasteiger partial charge is 0.376 e. The fourth-order valence-electron chi connectivity index (χ4n) is 2.08. The van der Waals surface area contributed by atoms with Gasteiger partial charge in [0.25, 0.3) is 0 Å². The number of anilines is 1. The molecule has 0 saturated carbocycles. The van der Waals surface area contributed by atoms with Gasteiger partial charge in [-0.2, -0.15) is 0 Å². The van der Waals surface area contributed by atoms with Gasteiger partial charge in [-0.25, -0.2) is 4.98 Å². The van der Waals surface area contributed by atoms with E-state index in [4.69, 9.17) is 0 Å². The molecule has 0 atom stereocenters. The van der Waals surface area contributed by atoms with Crippen molar-refractivity contribution in [3.05, 3.63) is 44.9 Å². The Bertz CT molecular complexity index is 709. The lowest BCUT2D eigenvalue weighted by Crippen LogP contribution is -2.21. The number of nitrogens with one attached hydrogen (secondary N) is 1. The maximum atomic E-state index is 12.2. The van der Waals surface area contributed by atoms with Crippen LogP contribution in [-0.2, 0) is 0 Å². The molecule has 7 nitrogen and oxygen atoms in total. The van der Waals surface area contributed by atoms with Gasteiger partial charge in [0.2, 0.25) is 5.82 Å². The summed E-state index contributed by atoms with van der Waals surface area (Å²) in [6, 6.07) is 5.01. The lowest BCUT2D eigenvalue weighted by molar-refractivity contribution is -0.385. The van der Waals surface area contributed by atoms with Gasteiger partial charge in [-0.1, -0.05) is 19.9 Å². The summed E-state index contributed by atoms with van der Waals surface area (Å²) in [5.41, 5.74) is -0.792. The van der Waals surface area contributed by atoms with Crippen molar-refractivity contribution in [1.82, 2.24) is 9.38 Å². The van der Waals surface area contributed by atoms with Crippen LogP contribution in [0.5, 0.6) is 0 Å². The number of pyridine rings is 1. The predicted molar refractivity (Wildman–Crippen MR) is 80.7 cm³/mol. The number of nitro groups is 1. The minimum Gasteiger partial charge on any atom is -0.364 e. The van der Waals surface area contributed by atoms with Gasteiger partial charge in [0.05, 0.1) is 4.92 Å². The molecule has 21 heavy (non-hydrogen) atoms. The van der Waals surface area contributed by atoms with Crippen molar-refractivity contribution < 1.29 is 4.92 Å². The van der Waals surface area contributed by atoms with Gasteiger partial charge in [0, 0.05) is 12.7 Å². The number of aromatic nitrogens is 2. The zero-order valence-electron chi connectivity index (χ0n) is 12.1. The Labute approximate surface area is 121 Å². The van der Waals surface area contributed by atoms with Gasteiger partial charge < -0.3 is 5.32 Å². The predicted octanol–water partition coefficient (Wildman–Crippen LogP) is 2.45. The first-order valence-corrected chi connectivity index (χ1v) is 6.90. The van der Waals surface area contributed by atoms with Crippen molar-refractivity contribution in [3.8, 4) is 0 Å². The molecule has 1 N–H and O–H groups in total. The molecule has 0 aliphatic rings. The molecule has 0 unspecified atom stereocenters. The molecule has 2 aromatic rings. The van der Waals surface area contributed by atoms with E-state index in [1.54, 1.807) is 18.2 Å². The van der Waals surface area contributed by atoms with Gasteiger partial charge in [0.15, 0.2) is 0 Å². The van der Waals surface area contributed by atoms with Crippen LogP contribution in [0, 0.1) is 16.0 Å². The van der Waals surface area contributed by atoms with E-state index in [-0.39, 0.29) is 5.82 Å². The van der Waals surface area contributed by atoms with Crippen LogP contribution >= 0.6 is 0 Å². The fraction of sp³-hybridized carbons (Fsp3) is 0.429. The maximum absolute atomic E-state index is 12.2. The number of hydrogen-bond donors (Lipinski definition) is 1. The standard InChI is InChI=1S/C14H18N4O3/c1-10(2)6-5-8-15-13-12(18(20)21)14(19)17-9-4-3-7-11(17)16-13/h3-4,7,9-10,15H,5-6,8H2,1-2H3. The minimum atomic E-state index is -0.681. The molecule has 0 aliphatic carbocycles. The molecule has 112 valence electrons. The van der Waals surface area contributed by atoms with Crippen LogP contribution in [0.1, 0.15) is 26.7 Å². The van der Waals surface area contributed by atoms with E-state index in [2.05, 4.69) is 24.1 Å². The second-order valence-electron chi connectivity index (χ2n) is 5.26. The normalized spacial score (nSPS) is 11.0. The minimum absolute atomic E-state index is 0.0416. The molecular weight excluding hydrogens is 272 g/mol. The molecule has 2 aromatic heterocycles. The summed E-state index contributed by atoms with van der Waals surface area (Å²) in [4.78, 5) is 26.8. The number of hydrogen-bond acceptors (Lipinski definition) is 5. The van der Waals surface area contributed by atoms with E-state index in [1.807, 2.05) is 0 Å². The Hall–Kier alpha value is -2.44. The number of nitrogens with zero attached hydrogens (tertiary/aromatic N) is 3. The third-order valence-corrected chi connectivity index (χ3v) is 3.14. The zero-order chi connectivity index (χ0) is 15.4. The van der Waals surface area contributed by atoms with Crippen LogP contribution < -0.4 is 10.9 Å². The molecule has 2 rings (SSSR count). The molecule has 0 aromatic carbocycles. The Balaban J connectivity index is 2.35. The van der Waals surface area contributed by atoms with Gasteiger partial charge in [-0.3, -0.25) is 19.3 Å². The molecule has 0 radical (unpaired) electrons. The van der Waals surface area contributed by atoms with Crippen LogP contribution in [0.2, 0.25) is 0 Å². The highest BCUT2D eigenvalue weighted by atomic mass is 16.6. The SMILES string of the molecule is CC(C)CCCNc1nc2ccccn2c(=O)c1[N+](=O)[O-]. The average Bonchev–Trinajstić information content (AvgIpc) is 2.43. The van der Waals surface area contributed by atoms with Crippen molar-refractivity contribution >= 4 is 17.2 Å². The third kappa shape index (κ3) is 3.36. The second kappa shape index (κ2) is 6.34. The quantitative estimate of drug-likeness (QED) is 0.501. The van der Waals surface area contributed by atoms with Gasteiger partial charge in [-0.05, 0) is 30.9 Å². The van der Waals surface area contributed by atoms with Crippen LogP contribution in [0.15, 0.2) is 29.2 Å². The lowest BCUT2D eigenvalue weighted by atomic mass is 10.1. The summed E-state index contributed by atoms with van der Waals surface area (Å²) < 4.78 is 1.18. The Morgan fingerprint density at radius 3 is 2.86 bits per heavy atom. The van der Waals surface area contributed by atoms with E-state index in [0.29, 0.717) is 18.1 Å². The van der Waals surface area contributed by atoms with E-state index >= 15 is 0 Å². The van der Waals surface area contributed by atoms with E-state index in [1.165, 1.54) is 10.6 Å². The van der Waals surface area contributed by atoms with Gasteiger partial charge in [-0.15, -0.1) is 0 Å². The Morgan fingerprint density at radius 2 is 2.19 bits per heavy atom. The number of rotatable bonds is 6. The van der Waals surface area contributed by atoms with E-state index < -0.39 is 16.2 Å². The summed E-state index contributed by atoms with van der Waals surface area (Å²) >= 11 is 0.